The molecule has 1 atom stereocenters. The number of thioether (sulfide) groups is 1. The number of aliphatic imine (C=N–C) groups is 2. The Bertz CT molecular complexity index is 951. The Morgan fingerprint density at radius 1 is 1.38 bits per heavy atom. The van der Waals surface area contributed by atoms with Gasteiger partial charge >= 0.3 is 0 Å². The fraction of sp³-hybridized carbons (Fsp3) is 0.214. The number of aromatic nitrogens is 1. The molecule has 0 aliphatic carbocycles. The first-order valence-corrected chi connectivity index (χ1v) is 10.9. The summed E-state index contributed by atoms with van der Waals surface area (Å²) in [4.78, 5) is 12.9. The van der Waals surface area contributed by atoms with Gasteiger partial charge < -0.3 is 17.2 Å². The summed E-state index contributed by atoms with van der Waals surface area (Å²) < 4.78 is 26.7. The SMILES string of the molecule is NC(N)=NC(SCCN=C1NS(=O)(=O)c2cc(N)ccc21)c1cscn1. The standard InChI is InChI=1S/C14H17N7O2S3/c15-8-1-2-9-11(5-8)26(22,23)21-12(9)18-3-4-25-13(20-14(16)17)10-6-24-7-19-10/h1-2,5-7,13H,3-4,15H2,(H,18,21)(H4,16,17,20). The van der Waals surface area contributed by atoms with Gasteiger partial charge in [0.2, 0.25) is 0 Å². The van der Waals surface area contributed by atoms with Gasteiger partial charge in [-0.25, -0.2) is 18.4 Å². The molecule has 26 heavy (non-hydrogen) atoms. The summed E-state index contributed by atoms with van der Waals surface area (Å²) in [7, 11) is -3.61. The lowest BCUT2D eigenvalue weighted by Gasteiger charge is -2.09. The van der Waals surface area contributed by atoms with Crippen molar-refractivity contribution >= 4 is 50.6 Å². The summed E-state index contributed by atoms with van der Waals surface area (Å²) >= 11 is 2.92. The fourth-order valence-corrected chi connectivity index (χ4v) is 5.16. The maximum atomic E-state index is 12.1. The van der Waals surface area contributed by atoms with Gasteiger partial charge in [-0.1, -0.05) is 0 Å². The van der Waals surface area contributed by atoms with E-state index in [1.165, 1.54) is 29.2 Å². The second kappa shape index (κ2) is 7.51. The molecule has 3 rings (SSSR count). The summed E-state index contributed by atoms with van der Waals surface area (Å²) in [6.45, 7) is 0.382. The van der Waals surface area contributed by atoms with Gasteiger partial charge in [0.05, 0.1) is 17.7 Å². The van der Waals surface area contributed by atoms with E-state index in [4.69, 9.17) is 17.2 Å². The number of amidine groups is 1. The van der Waals surface area contributed by atoms with E-state index in [2.05, 4.69) is 19.7 Å². The number of nitrogens with two attached hydrogens (primary N) is 3. The predicted molar refractivity (Wildman–Crippen MR) is 106 cm³/mol. The van der Waals surface area contributed by atoms with Crippen LogP contribution in [-0.2, 0) is 10.0 Å². The number of nitrogens with zero attached hydrogens (tertiary/aromatic N) is 3. The average Bonchev–Trinajstić information content (AvgIpc) is 3.17. The zero-order valence-corrected chi connectivity index (χ0v) is 15.9. The van der Waals surface area contributed by atoms with E-state index in [0.29, 0.717) is 29.4 Å². The molecule has 1 aliphatic rings. The van der Waals surface area contributed by atoms with Gasteiger partial charge in [0, 0.05) is 22.4 Å². The van der Waals surface area contributed by atoms with Crippen molar-refractivity contribution in [2.24, 2.45) is 21.5 Å². The lowest BCUT2D eigenvalue weighted by Crippen LogP contribution is -2.23. The van der Waals surface area contributed by atoms with E-state index in [1.807, 2.05) is 5.38 Å². The first kappa shape index (κ1) is 18.5. The van der Waals surface area contributed by atoms with Crippen LogP contribution in [-0.4, -0.2) is 37.5 Å². The second-order valence-corrected chi connectivity index (χ2v) is 8.84. The normalized spacial score (nSPS) is 17.5. The van der Waals surface area contributed by atoms with Gasteiger partial charge in [-0.05, 0) is 18.2 Å². The molecular formula is C14H17N7O2S3. The Morgan fingerprint density at radius 3 is 2.88 bits per heavy atom. The molecule has 7 N–H and O–H groups in total. The van der Waals surface area contributed by atoms with Gasteiger partial charge in [0.25, 0.3) is 10.0 Å². The van der Waals surface area contributed by atoms with Crippen LogP contribution in [0.2, 0.25) is 0 Å². The summed E-state index contributed by atoms with van der Waals surface area (Å²) in [6.07, 6.45) is 0. The van der Waals surface area contributed by atoms with Crippen molar-refractivity contribution in [2.45, 2.75) is 10.3 Å². The van der Waals surface area contributed by atoms with Gasteiger partial charge in [-0.2, -0.15) is 0 Å². The minimum atomic E-state index is -3.61. The summed E-state index contributed by atoms with van der Waals surface area (Å²) in [5.41, 5.74) is 20.0. The van der Waals surface area contributed by atoms with Gasteiger partial charge in [-0.15, -0.1) is 23.1 Å². The number of sulfonamides is 1. The molecule has 0 saturated carbocycles. The van der Waals surface area contributed by atoms with Crippen molar-refractivity contribution in [3.05, 3.63) is 40.3 Å². The van der Waals surface area contributed by atoms with Crippen LogP contribution < -0.4 is 21.9 Å². The molecular weight excluding hydrogens is 394 g/mol. The molecule has 9 nitrogen and oxygen atoms in total. The lowest BCUT2D eigenvalue weighted by atomic mass is 10.2. The number of nitrogens with one attached hydrogen (secondary N) is 1. The molecule has 1 aromatic carbocycles. The molecule has 1 aromatic heterocycles. The number of hydrogen-bond acceptors (Lipinski definition) is 8. The monoisotopic (exact) mass is 411 g/mol. The van der Waals surface area contributed by atoms with E-state index >= 15 is 0 Å². The smallest absolute Gasteiger partial charge is 0.263 e. The van der Waals surface area contributed by atoms with Gasteiger partial charge in [0.1, 0.15) is 16.1 Å². The van der Waals surface area contributed by atoms with Crippen molar-refractivity contribution < 1.29 is 8.42 Å². The van der Waals surface area contributed by atoms with Crippen molar-refractivity contribution in [2.75, 3.05) is 18.0 Å². The number of guanidine groups is 1. The second-order valence-electron chi connectivity index (χ2n) is 5.28. The molecule has 0 fully saturated rings. The first-order valence-electron chi connectivity index (χ1n) is 7.42. The Hall–Kier alpha value is -2.31. The van der Waals surface area contributed by atoms with Gasteiger partial charge in [0.15, 0.2) is 5.96 Å². The van der Waals surface area contributed by atoms with Crippen molar-refractivity contribution in [3.8, 4) is 0 Å². The molecule has 2 aromatic rings. The number of benzene rings is 1. The van der Waals surface area contributed by atoms with Crippen LogP contribution in [0.25, 0.3) is 0 Å². The van der Waals surface area contributed by atoms with E-state index in [0.717, 1.165) is 5.69 Å². The fourth-order valence-electron chi connectivity index (χ4n) is 2.30. The molecule has 0 radical (unpaired) electrons. The van der Waals surface area contributed by atoms with Crippen LogP contribution in [0.3, 0.4) is 0 Å². The topological polar surface area (TPSA) is 162 Å². The highest BCUT2D eigenvalue weighted by atomic mass is 32.2. The molecule has 138 valence electrons. The van der Waals surface area contributed by atoms with E-state index in [1.54, 1.807) is 17.6 Å². The van der Waals surface area contributed by atoms with Crippen LogP contribution >= 0.6 is 23.1 Å². The van der Waals surface area contributed by atoms with E-state index in [9.17, 15) is 8.42 Å². The third-order valence-corrected chi connectivity index (χ3v) is 6.45. The molecule has 12 heteroatoms. The number of hydrogen-bond donors (Lipinski definition) is 4. The minimum Gasteiger partial charge on any atom is -0.399 e. The Kier molecular flexibility index (Phi) is 5.34. The van der Waals surface area contributed by atoms with Crippen molar-refractivity contribution in [1.29, 1.82) is 0 Å². The summed E-state index contributed by atoms with van der Waals surface area (Å²) in [6, 6.07) is 4.71. The number of thiazole rings is 1. The lowest BCUT2D eigenvalue weighted by molar-refractivity contribution is 0.595. The van der Waals surface area contributed by atoms with Crippen LogP contribution in [0.4, 0.5) is 5.69 Å². The van der Waals surface area contributed by atoms with Crippen LogP contribution in [0.1, 0.15) is 16.6 Å². The molecule has 0 spiro atoms. The largest absolute Gasteiger partial charge is 0.399 e. The maximum absolute atomic E-state index is 12.1. The number of rotatable bonds is 6. The average molecular weight is 412 g/mol. The van der Waals surface area contributed by atoms with E-state index in [-0.39, 0.29) is 16.2 Å². The molecule has 0 saturated heterocycles. The van der Waals surface area contributed by atoms with Crippen LogP contribution in [0.15, 0.2) is 44.0 Å². The zero-order valence-electron chi connectivity index (χ0n) is 13.5. The molecule has 0 amide bonds. The predicted octanol–water partition coefficient (Wildman–Crippen LogP) is 0.469. The summed E-state index contributed by atoms with van der Waals surface area (Å²) in [5.74, 6) is 0.874. The summed E-state index contributed by atoms with van der Waals surface area (Å²) in [5, 5.41) is 1.56. The highest BCUT2D eigenvalue weighted by molar-refractivity contribution is 7.99. The molecule has 0 bridgehead atoms. The van der Waals surface area contributed by atoms with Gasteiger partial charge in [-0.3, -0.25) is 9.71 Å². The Morgan fingerprint density at radius 2 is 2.19 bits per heavy atom. The molecule has 1 unspecified atom stereocenters. The maximum Gasteiger partial charge on any atom is 0.263 e. The van der Waals surface area contributed by atoms with Crippen LogP contribution in [0.5, 0.6) is 0 Å². The van der Waals surface area contributed by atoms with Crippen LogP contribution in [0, 0.1) is 0 Å². The third-order valence-electron chi connectivity index (χ3n) is 3.39. The quantitative estimate of drug-likeness (QED) is 0.232. The first-order chi connectivity index (χ1) is 12.4. The Balaban J connectivity index is 1.69. The molecule has 1 aliphatic heterocycles. The Labute approximate surface area is 158 Å². The van der Waals surface area contributed by atoms with Crippen molar-refractivity contribution in [1.82, 2.24) is 9.71 Å². The highest BCUT2D eigenvalue weighted by Crippen LogP contribution is 2.30. The number of nitrogen functional groups attached to an aromatic ring is 1. The van der Waals surface area contributed by atoms with E-state index < -0.39 is 10.0 Å². The number of anilines is 1. The van der Waals surface area contributed by atoms with Crippen molar-refractivity contribution in [3.63, 3.8) is 0 Å². The molecule has 2 heterocycles. The highest BCUT2D eigenvalue weighted by Gasteiger charge is 2.30. The zero-order chi connectivity index (χ0) is 18.7. The third kappa shape index (κ3) is 4.08. The minimum absolute atomic E-state index is 0.0168. The number of fused-ring (bicyclic) bond motifs is 1.